The molecule has 1 aromatic carbocycles. The SMILES string of the molecule is Cc1cc(C(O)C(C)(C)N)cc(C)c1O. The van der Waals surface area contributed by atoms with Gasteiger partial charge in [-0.3, -0.25) is 0 Å². The van der Waals surface area contributed by atoms with Crippen molar-refractivity contribution in [3.05, 3.63) is 28.8 Å². The average Bonchev–Trinajstić information content (AvgIpc) is 2.10. The maximum atomic E-state index is 9.99. The highest BCUT2D eigenvalue weighted by Gasteiger charge is 2.25. The molecule has 0 amide bonds. The molecule has 1 rings (SSSR count). The van der Waals surface area contributed by atoms with E-state index in [1.54, 1.807) is 26.0 Å². The standard InChI is InChI=1S/C12H19NO2/c1-7-5-9(6-8(2)10(7)14)11(15)12(3,4)13/h5-6,11,14-15H,13H2,1-4H3. The molecule has 0 spiro atoms. The zero-order valence-corrected chi connectivity index (χ0v) is 9.70. The molecule has 1 unspecified atom stereocenters. The van der Waals surface area contributed by atoms with Crippen molar-refractivity contribution < 1.29 is 10.2 Å². The summed E-state index contributed by atoms with van der Waals surface area (Å²) in [4.78, 5) is 0. The molecule has 1 atom stereocenters. The molecule has 0 aliphatic carbocycles. The molecule has 1 aromatic rings. The number of phenolic OH excluding ortho intramolecular Hbond substituents is 1. The number of phenols is 1. The van der Waals surface area contributed by atoms with Crippen LogP contribution in [0.5, 0.6) is 5.75 Å². The number of hydrogen-bond donors (Lipinski definition) is 3. The van der Waals surface area contributed by atoms with E-state index in [1.807, 2.05) is 13.8 Å². The van der Waals surface area contributed by atoms with Crippen molar-refractivity contribution in [1.29, 1.82) is 0 Å². The van der Waals surface area contributed by atoms with Crippen LogP contribution >= 0.6 is 0 Å². The number of aromatic hydroxyl groups is 1. The van der Waals surface area contributed by atoms with Crippen molar-refractivity contribution in [3.63, 3.8) is 0 Å². The molecule has 15 heavy (non-hydrogen) atoms. The van der Waals surface area contributed by atoms with Crippen molar-refractivity contribution in [3.8, 4) is 5.75 Å². The third kappa shape index (κ3) is 2.49. The van der Waals surface area contributed by atoms with Crippen molar-refractivity contribution in [2.24, 2.45) is 5.73 Å². The fraction of sp³-hybridized carbons (Fsp3) is 0.500. The minimum Gasteiger partial charge on any atom is -0.507 e. The summed E-state index contributed by atoms with van der Waals surface area (Å²) in [7, 11) is 0. The molecule has 3 heteroatoms. The van der Waals surface area contributed by atoms with Gasteiger partial charge in [0.15, 0.2) is 0 Å². The minimum atomic E-state index is -0.726. The summed E-state index contributed by atoms with van der Waals surface area (Å²) >= 11 is 0. The van der Waals surface area contributed by atoms with Gasteiger partial charge < -0.3 is 15.9 Å². The summed E-state index contributed by atoms with van der Waals surface area (Å²) in [6, 6.07) is 3.53. The highest BCUT2D eigenvalue weighted by molar-refractivity contribution is 5.43. The largest absolute Gasteiger partial charge is 0.507 e. The van der Waals surface area contributed by atoms with E-state index >= 15 is 0 Å². The second-order valence-corrected chi connectivity index (χ2v) is 4.73. The van der Waals surface area contributed by atoms with Gasteiger partial charge in [0, 0.05) is 5.54 Å². The van der Waals surface area contributed by atoms with E-state index in [-0.39, 0.29) is 5.75 Å². The van der Waals surface area contributed by atoms with Gasteiger partial charge in [-0.15, -0.1) is 0 Å². The van der Waals surface area contributed by atoms with E-state index < -0.39 is 11.6 Å². The molecule has 0 heterocycles. The van der Waals surface area contributed by atoms with Crippen LogP contribution in [0.1, 0.15) is 36.6 Å². The molecule has 0 bridgehead atoms. The first-order valence-corrected chi connectivity index (χ1v) is 5.00. The smallest absolute Gasteiger partial charge is 0.121 e. The molecule has 0 aliphatic heterocycles. The van der Waals surface area contributed by atoms with Crippen LogP contribution in [0.3, 0.4) is 0 Å². The Morgan fingerprint density at radius 3 is 1.93 bits per heavy atom. The second-order valence-electron chi connectivity index (χ2n) is 4.73. The molecule has 0 radical (unpaired) electrons. The number of aliphatic hydroxyl groups is 1. The maximum absolute atomic E-state index is 9.99. The van der Waals surface area contributed by atoms with Gasteiger partial charge in [0.2, 0.25) is 0 Å². The van der Waals surface area contributed by atoms with Gasteiger partial charge in [-0.05, 0) is 56.5 Å². The third-order valence-corrected chi connectivity index (χ3v) is 2.53. The molecule has 3 nitrogen and oxygen atoms in total. The number of nitrogens with two attached hydrogens (primary N) is 1. The number of rotatable bonds is 2. The molecule has 0 saturated heterocycles. The van der Waals surface area contributed by atoms with Crippen LogP contribution in [0.4, 0.5) is 0 Å². The average molecular weight is 209 g/mol. The van der Waals surface area contributed by atoms with Gasteiger partial charge in [0.1, 0.15) is 5.75 Å². The zero-order valence-electron chi connectivity index (χ0n) is 9.70. The molecule has 84 valence electrons. The van der Waals surface area contributed by atoms with E-state index in [9.17, 15) is 10.2 Å². The monoisotopic (exact) mass is 209 g/mol. The van der Waals surface area contributed by atoms with Gasteiger partial charge >= 0.3 is 0 Å². The summed E-state index contributed by atoms with van der Waals surface area (Å²) in [5.74, 6) is 0.278. The Balaban J connectivity index is 3.17. The topological polar surface area (TPSA) is 66.5 Å². The van der Waals surface area contributed by atoms with Crippen molar-refractivity contribution in [2.75, 3.05) is 0 Å². The summed E-state index contributed by atoms with van der Waals surface area (Å²) < 4.78 is 0. The number of hydrogen-bond acceptors (Lipinski definition) is 3. The lowest BCUT2D eigenvalue weighted by Crippen LogP contribution is -2.39. The quantitative estimate of drug-likeness (QED) is 0.695. The Morgan fingerprint density at radius 2 is 1.60 bits per heavy atom. The Kier molecular flexibility index (Phi) is 3.07. The van der Waals surface area contributed by atoms with E-state index in [2.05, 4.69) is 0 Å². The Hall–Kier alpha value is -1.06. The first-order chi connectivity index (χ1) is 6.73. The van der Waals surface area contributed by atoms with Gasteiger partial charge in [-0.25, -0.2) is 0 Å². The molecule has 0 aromatic heterocycles. The lowest BCUT2D eigenvalue weighted by Gasteiger charge is -2.26. The van der Waals surface area contributed by atoms with Gasteiger partial charge in [0.25, 0.3) is 0 Å². The Labute approximate surface area is 90.5 Å². The van der Waals surface area contributed by atoms with Gasteiger partial charge in [0.05, 0.1) is 6.10 Å². The van der Waals surface area contributed by atoms with Gasteiger partial charge in [-0.1, -0.05) is 0 Å². The molecule has 0 aliphatic rings. The van der Waals surface area contributed by atoms with Gasteiger partial charge in [-0.2, -0.15) is 0 Å². The van der Waals surface area contributed by atoms with Crippen LogP contribution in [0.2, 0.25) is 0 Å². The third-order valence-electron chi connectivity index (χ3n) is 2.53. The highest BCUT2D eigenvalue weighted by Crippen LogP contribution is 2.29. The van der Waals surface area contributed by atoms with Crippen LogP contribution in [0, 0.1) is 13.8 Å². The van der Waals surface area contributed by atoms with E-state index in [4.69, 9.17) is 5.73 Å². The molecule has 4 N–H and O–H groups in total. The summed E-state index contributed by atoms with van der Waals surface area (Å²) in [5.41, 5.74) is 7.41. The fourth-order valence-corrected chi connectivity index (χ4v) is 1.58. The first-order valence-electron chi connectivity index (χ1n) is 5.00. The van der Waals surface area contributed by atoms with E-state index in [1.165, 1.54) is 0 Å². The predicted molar refractivity (Wildman–Crippen MR) is 60.8 cm³/mol. The molecular formula is C12H19NO2. The summed E-state index contributed by atoms with van der Waals surface area (Å²) in [6.45, 7) is 7.16. The lowest BCUT2D eigenvalue weighted by atomic mass is 9.90. The summed E-state index contributed by atoms with van der Waals surface area (Å²) in [6.07, 6.45) is -0.726. The first kappa shape index (κ1) is 12.0. The summed E-state index contributed by atoms with van der Waals surface area (Å²) in [5, 5.41) is 19.6. The van der Waals surface area contributed by atoms with Crippen molar-refractivity contribution in [2.45, 2.75) is 39.3 Å². The molecular weight excluding hydrogens is 190 g/mol. The lowest BCUT2D eigenvalue weighted by molar-refractivity contribution is 0.104. The van der Waals surface area contributed by atoms with Crippen LogP contribution in [-0.2, 0) is 0 Å². The normalized spacial score (nSPS) is 14.0. The molecule has 0 fully saturated rings. The number of aryl methyl sites for hydroxylation is 2. The molecule has 0 saturated carbocycles. The zero-order chi connectivity index (χ0) is 11.8. The van der Waals surface area contributed by atoms with Crippen molar-refractivity contribution >= 4 is 0 Å². The van der Waals surface area contributed by atoms with Crippen LogP contribution in [0.25, 0.3) is 0 Å². The van der Waals surface area contributed by atoms with Crippen LogP contribution in [-0.4, -0.2) is 15.8 Å². The van der Waals surface area contributed by atoms with Crippen LogP contribution < -0.4 is 5.73 Å². The second kappa shape index (κ2) is 3.83. The Bertz CT molecular complexity index is 343. The Morgan fingerprint density at radius 1 is 1.20 bits per heavy atom. The fourth-order valence-electron chi connectivity index (χ4n) is 1.58. The van der Waals surface area contributed by atoms with E-state index in [0.717, 1.165) is 16.7 Å². The minimum absolute atomic E-state index is 0.278. The van der Waals surface area contributed by atoms with Crippen LogP contribution in [0.15, 0.2) is 12.1 Å². The predicted octanol–water partition coefficient (Wildman–Crippen LogP) is 1.78. The number of aliphatic hydroxyl groups excluding tert-OH is 1. The van der Waals surface area contributed by atoms with E-state index in [0.29, 0.717) is 0 Å². The maximum Gasteiger partial charge on any atom is 0.121 e. The van der Waals surface area contributed by atoms with Crippen molar-refractivity contribution in [1.82, 2.24) is 0 Å². The number of benzene rings is 1. The highest BCUT2D eigenvalue weighted by atomic mass is 16.3.